The van der Waals surface area contributed by atoms with Crippen molar-refractivity contribution in [3.8, 4) is 0 Å². The van der Waals surface area contributed by atoms with Crippen LogP contribution in [0.15, 0.2) is 15.1 Å². The average Bonchev–Trinajstić information content (AvgIpc) is 2.77. The Hall–Kier alpha value is -1.22. The average molecular weight is 322 g/mol. The molecule has 6 nitrogen and oxygen atoms in total. The third kappa shape index (κ3) is 4.13. The third-order valence-electron chi connectivity index (χ3n) is 2.77. The van der Waals surface area contributed by atoms with E-state index in [1.807, 2.05) is 0 Å². The standard InChI is InChI=1S/C12H20F2N4O2S/c1-8(16-5)10(17-7-15-4)12(13,14)21(19)9-6-11(2,3)20-18-9/h15H,6-7H2,1-5H3. The summed E-state index contributed by atoms with van der Waals surface area (Å²) in [6, 6.07) is 0. The Bertz CT molecular complexity index is 515. The molecule has 0 aromatic carbocycles. The van der Waals surface area contributed by atoms with E-state index in [-0.39, 0.29) is 23.8 Å². The molecule has 1 heterocycles. The molecule has 0 amide bonds. The molecule has 0 saturated carbocycles. The first-order valence-corrected chi connectivity index (χ1v) is 7.48. The summed E-state index contributed by atoms with van der Waals surface area (Å²) in [5.74, 6) is 0. The summed E-state index contributed by atoms with van der Waals surface area (Å²) in [4.78, 5) is 12.5. The van der Waals surface area contributed by atoms with Gasteiger partial charge in [0, 0.05) is 13.5 Å². The molecule has 0 aliphatic carbocycles. The molecule has 0 radical (unpaired) electrons. The van der Waals surface area contributed by atoms with E-state index in [2.05, 4.69) is 20.5 Å². The van der Waals surface area contributed by atoms with Crippen LogP contribution in [0.4, 0.5) is 8.78 Å². The number of aliphatic imine (C=N–C) groups is 2. The first kappa shape index (κ1) is 17.8. The van der Waals surface area contributed by atoms with Crippen molar-refractivity contribution in [1.82, 2.24) is 5.32 Å². The molecule has 0 fully saturated rings. The van der Waals surface area contributed by atoms with Crippen LogP contribution in [-0.2, 0) is 15.6 Å². The number of oxime groups is 1. The predicted molar refractivity (Wildman–Crippen MR) is 80.7 cm³/mol. The monoisotopic (exact) mass is 322 g/mol. The number of rotatable bonds is 5. The van der Waals surface area contributed by atoms with Gasteiger partial charge in [0.1, 0.15) is 22.1 Å². The molecule has 0 aromatic heterocycles. The zero-order chi connectivity index (χ0) is 16.3. The predicted octanol–water partition coefficient (Wildman–Crippen LogP) is 1.55. The Labute approximate surface area is 125 Å². The normalized spacial score (nSPS) is 21.0. The number of hydrogen-bond acceptors (Lipinski definition) is 6. The highest BCUT2D eigenvalue weighted by Crippen LogP contribution is 2.30. The van der Waals surface area contributed by atoms with Crippen LogP contribution in [-0.4, -0.2) is 52.3 Å². The smallest absolute Gasteiger partial charge is 0.369 e. The van der Waals surface area contributed by atoms with E-state index in [9.17, 15) is 13.0 Å². The Morgan fingerprint density at radius 1 is 1.57 bits per heavy atom. The SMILES string of the molecule is CN=C(C)C(=NCNC)C(F)(F)S(=O)C1=NOC(C)(C)C1. The molecule has 21 heavy (non-hydrogen) atoms. The Balaban J connectivity index is 3.09. The van der Waals surface area contributed by atoms with Gasteiger partial charge in [-0.1, -0.05) is 5.16 Å². The second-order valence-electron chi connectivity index (χ2n) is 5.13. The van der Waals surface area contributed by atoms with E-state index in [1.165, 1.54) is 14.0 Å². The molecular formula is C12H20F2N4O2S. The number of alkyl halides is 2. The summed E-state index contributed by atoms with van der Waals surface area (Å²) in [5.41, 5.74) is -1.30. The molecule has 0 spiro atoms. The molecule has 120 valence electrons. The highest BCUT2D eigenvalue weighted by Gasteiger charge is 2.49. The summed E-state index contributed by atoms with van der Waals surface area (Å²) in [7, 11) is 0.297. The lowest BCUT2D eigenvalue weighted by atomic mass is 10.1. The summed E-state index contributed by atoms with van der Waals surface area (Å²) in [6.07, 6.45) is 0.0802. The van der Waals surface area contributed by atoms with Crippen molar-refractivity contribution in [1.29, 1.82) is 0 Å². The van der Waals surface area contributed by atoms with Crippen LogP contribution in [0.2, 0.25) is 0 Å². The molecule has 0 saturated heterocycles. The van der Waals surface area contributed by atoms with Gasteiger partial charge in [-0.15, -0.1) is 0 Å². The Morgan fingerprint density at radius 2 is 2.19 bits per heavy atom. The number of nitrogens with zero attached hydrogens (tertiary/aromatic N) is 3. The Morgan fingerprint density at radius 3 is 2.62 bits per heavy atom. The van der Waals surface area contributed by atoms with Crippen LogP contribution in [0.1, 0.15) is 27.2 Å². The van der Waals surface area contributed by atoms with Crippen LogP contribution in [0.3, 0.4) is 0 Å². The highest BCUT2D eigenvalue weighted by molar-refractivity contribution is 8.02. The van der Waals surface area contributed by atoms with Gasteiger partial charge in [-0.3, -0.25) is 9.98 Å². The molecule has 9 heteroatoms. The van der Waals surface area contributed by atoms with Crippen molar-refractivity contribution in [2.75, 3.05) is 20.8 Å². The maximum Gasteiger partial charge on any atom is 0.369 e. The minimum atomic E-state index is -3.68. The van der Waals surface area contributed by atoms with Crippen molar-refractivity contribution < 1.29 is 17.8 Å². The van der Waals surface area contributed by atoms with E-state index < -0.39 is 27.4 Å². The highest BCUT2D eigenvalue weighted by atomic mass is 32.2. The summed E-state index contributed by atoms with van der Waals surface area (Å²) in [6.45, 7) is 4.75. The van der Waals surface area contributed by atoms with E-state index in [0.717, 1.165) is 0 Å². The lowest BCUT2D eigenvalue weighted by molar-refractivity contribution is 0.0123. The van der Waals surface area contributed by atoms with Gasteiger partial charge >= 0.3 is 5.25 Å². The van der Waals surface area contributed by atoms with E-state index in [4.69, 9.17) is 4.84 Å². The van der Waals surface area contributed by atoms with Crippen LogP contribution in [0, 0.1) is 0 Å². The lowest BCUT2D eigenvalue weighted by Crippen LogP contribution is -2.42. The first-order chi connectivity index (χ1) is 9.65. The quantitative estimate of drug-likeness (QED) is 0.780. The molecule has 1 unspecified atom stereocenters. The Kier molecular flexibility index (Phi) is 5.68. The van der Waals surface area contributed by atoms with Gasteiger partial charge in [0.25, 0.3) is 0 Å². The number of nitrogens with one attached hydrogen (secondary N) is 1. The fourth-order valence-electron chi connectivity index (χ4n) is 1.62. The van der Waals surface area contributed by atoms with Gasteiger partial charge in [0.05, 0.1) is 12.4 Å². The molecule has 1 N–H and O–H groups in total. The van der Waals surface area contributed by atoms with E-state index >= 15 is 0 Å². The van der Waals surface area contributed by atoms with Crippen molar-refractivity contribution >= 4 is 27.3 Å². The summed E-state index contributed by atoms with van der Waals surface area (Å²) >= 11 is 0. The van der Waals surface area contributed by atoms with Crippen molar-refractivity contribution in [2.45, 2.75) is 38.0 Å². The zero-order valence-electron chi connectivity index (χ0n) is 12.7. The van der Waals surface area contributed by atoms with Crippen LogP contribution in [0.25, 0.3) is 0 Å². The topological polar surface area (TPSA) is 75.4 Å². The second-order valence-corrected chi connectivity index (χ2v) is 6.65. The van der Waals surface area contributed by atoms with Gasteiger partial charge in [-0.2, -0.15) is 8.78 Å². The first-order valence-electron chi connectivity index (χ1n) is 6.33. The minimum absolute atomic E-state index is 0.0244. The molecule has 1 aliphatic rings. The molecular weight excluding hydrogens is 302 g/mol. The van der Waals surface area contributed by atoms with Crippen LogP contribution in [0.5, 0.6) is 0 Å². The van der Waals surface area contributed by atoms with Gasteiger partial charge in [-0.25, -0.2) is 4.21 Å². The minimum Gasteiger partial charge on any atom is -0.389 e. The van der Waals surface area contributed by atoms with Crippen molar-refractivity contribution in [2.24, 2.45) is 15.1 Å². The van der Waals surface area contributed by atoms with E-state index in [1.54, 1.807) is 20.9 Å². The summed E-state index contributed by atoms with van der Waals surface area (Å²) < 4.78 is 41.1. The second kappa shape index (κ2) is 6.69. The van der Waals surface area contributed by atoms with Gasteiger partial charge in [0.2, 0.25) is 0 Å². The number of hydrogen-bond donors (Lipinski definition) is 1. The molecule has 0 bridgehead atoms. The van der Waals surface area contributed by atoms with Gasteiger partial charge in [0.15, 0.2) is 5.04 Å². The molecule has 1 atom stereocenters. The molecule has 1 aliphatic heterocycles. The maximum atomic E-state index is 14.5. The maximum absolute atomic E-state index is 14.5. The largest absolute Gasteiger partial charge is 0.389 e. The number of halogens is 2. The van der Waals surface area contributed by atoms with Crippen LogP contribution >= 0.6 is 0 Å². The summed E-state index contributed by atoms with van der Waals surface area (Å²) in [5, 5.41) is 2.32. The molecule has 1 rings (SSSR count). The fraction of sp³-hybridized carbons (Fsp3) is 0.750. The van der Waals surface area contributed by atoms with Crippen molar-refractivity contribution in [3.63, 3.8) is 0 Å². The van der Waals surface area contributed by atoms with Gasteiger partial charge in [-0.05, 0) is 27.8 Å². The van der Waals surface area contributed by atoms with Gasteiger partial charge < -0.3 is 10.2 Å². The molecule has 0 aromatic rings. The third-order valence-corrected chi connectivity index (χ3v) is 4.07. The van der Waals surface area contributed by atoms with Crippen LogP contribution < -0.4 is 5.32 Å². The zero-order valence-corrected chi connectivity index (χ0v) is 13.6. The fourth-order valence-corrected chi connectivity index (χ4v) is 2.89. The van der Waals surface area contributed by atoms with Crippen molar-refractivity contribution in [3.05, 3.63) is 0 Å². The van der Waals surface area contributed by atoms with E-state index in [0.29, 0.717) is 0 Å². The lowest BCUT2D eigenvalue weighted by Gasteiger charge is -2.18.